The van der Waals surface area contributed by atoms with Gasteiger partial charge in [-0.2, -0.15) is 0 Å². The van der Waals surface area contributed by atoms with Gasteiger partial charge in [-0.1, -0.05) is 20.8 Å². The van der Waals surface area contributed by atoms with Crippen LogP contribution in [0.15, 0.2) is 0 Å². The summed E-state index contributed by atoms with van der Waals surface area (Å²) in [5.41, 5.74) is 0.0475. The smallest absolute Gasteiger partial charge is 0.222 e. The van der Waals surface area contributed by atoms with E-state index < -0.39 is 0 Å². The van der Waals surface area contributed by atoms with Gasteiger partial charge in [0.05, 0.1) is 0 Å². The SMILES string of the molecule is CCC(CC)(CC)NC(C)=O.CN1CCCC1=O. The number of hydrogen-bond acceptors (Lipinski definition) is 2. The van der Waals surface area contributed by atoms with E-state index >= 15 is 0 Å². The van der Waals surface area contributed by atoms with E-state index in [1.54, 1.807) is 11.8 Å². The number of nitrogens with zero attached hydrogens (tertiary/aromatic N) is 1. The van der Waals surface area contributed by atoms with E-state index in [1.165, 1.54) is 0 Å². The van der Waals surface area contributed by atoms with E-state index in [9.17, 15) is 9.59 Å². The quantitative estimate of drug-likeness (QED) is 0.839. The molecule has 0 aliphatic carbocycles. The van der Waals surface area contributed by atoms with Gasteiger partial charge in [-0.15, -0.1) is 0 Å². The lowest BCUT2D eigenvalue weighted by atomic mass is 9.90. The standard InChI is InChI=1S/C9H19NO.C5H9NO/c1-5-9(6-2,7-3)10-8(4)11;1-6-4-2-3-5(6)7/h5-7H2,1-4H3,(H,10,11);2-4H2,1H3. The van der Waals surface area contributed by atoms with Crippen LogP contribution < -0.4 is 5.32 Å². The highest BCUT2D eigenvalue weighted by atomic mass is 16.2. The molecule has 1 heterocycles. The number of carbonyl (C=O) groups excluding carboxylic acids is 2. The maximum atomic E-state index is 10.8. The third-order valence-electron chi connectivity index (χ3n) is 3.78. The van der Waals surface area contributed by atoms with Crippen molar-refractivity contribution in [1.82, 2.24) is 10.2 Å². The summed E-state index contributed by atoms with van der Waals surface area (Å²) < 4.78 is 0. The second kappa shape index (κ2) is 8.11. The highest BCUT2D eigenvalue weighted by Crippen LogP contribution is 2.18. The first-order valence-corrected chi connectivity index (χ1v) is 6.93. The number of likely N-dealkylation sites (tertiary alicyclic amines) is 1. The van der Waals surface area contributed by atoms with Crippen LogP contribution in [-0.2, 0) is 9.59 Å². The summed E-state index contributed by atoms with van der Waals surface area (Å²) in [6.07, 6.45) is 4.85. The maximum absolute atomic E-state index is 10.8. The van der Waals surface area contributed by atoms with Gasteiger partial charge < -0.3 is 10.2 Å². The molecule has 4 heteroatoms. The molecule has 0 aromatic heterocycles. The molecule has 0 aromatic carbocycles. The Labute approximate surface area is 111 Å². The highest BCUT2D eigenvalue weighted by Gasteiger charge is 2.23. The Kier molecular flexibility index (Phi) is 7.64. The monoisotopic (exact) mass is 256 g/mol. The second-order valence-corrected chi connectivity index (χ2v) is 4.94. The molecular formula is C14H28N2O2. The van der Waals surface area contributed by atoms with Crippen molar-refractivity contribution < 1.29 is 9.59 Å². The number of nitrogens with one attached hydrogen (secondary N) is 1. The minimum Gasteiger partial charge on any atom is -0.351 e. The molecule has 106 valence electrons. The fraction of sp³-hybridized carbons (Fsp3) is 0.857. The average Bonchev–Trinajstić information content (AvgIpc) is 2.71. The third kappa shape index (κ3) is 5.52. The van der Waals surface area contributed by atoms with Gasteiger partial charge in [-0.05, 0) is 25.7 Å². The largest absolute Gasteiger partial charge is 0.351 e. The first kappa shape index (κ1) is 16.9. The lowest BCUT2D eigenvalue weighted by molar-refractivity contribution is -0.126. The van der Waals surface area contributed by atoms with Crippen molar-refractivity contribution in [2.45, 2.75) is 65.3 Å². The number of rotatable bonds is 4. The van der Waals surface area contributed by atoms with Crippen molar-refractivity contribution in [2.24, 2.45) is 0 Å². The Balaban J connectivity index is 0.000000351. The molecule has 0 radical (unpaired) electrons. The van der Waals surface area contributed by atoms with Crippen LogP contribution in [0.5, 0.6) is 0 Å². The predicted octanol–water partition coefficient (Wildman–Crippen LogP) is 2.33. The van der Waals surface area contributed by atoms with Crippen molar-refractivity contribution in [3.05, 3.63) is 0 Å². The van der Waals surface area contributed by atoms with E-state index in [1.807, 2.05) is 7.05 Å². The summed E-state index contributed by atoms with van der Waals surface area (Å²) in [4.78, 5) is 23.1. The first-order valence-electron chi connectivity index (χ1n) is 6.93. The van der Waals surface area contributed by atoms with Crippen LogP contribution in [0.1, 0.15) is 59.8 Å². The molecule has 0 saturated carbocycles. The maximum Gasteiger partial charge on any atom is 0.222 e. The molecular weight excluding hydrogens is 228 g/mol. The lowest BCUT2D eigenvalue weighted by Gasteiger charge is -2.31. The van der Waals surface area contributed by atoms with Crippen LogP contribution in [0, 0.1) is 0 Å². The van der Waals surface area contributed by atoms with Gasteiger partial charge in [0.15, 0.2) is 0 Å². The molecule has 0 aromatic rings. The molecule has 0 atom stereocenters. The Bertz CT molecular complexity index is 265. The average molecular weight is 256 g/mol. The molecule has 2 amide bonds. The van der Waals surface area contributed by atoms with Crippen LogP contribution >= 0.6 is 0 Å². The van der Waals surface area contributed by atoms with Crippen molar-refractivity contribution in [2.75, 3.05) is 13.6 Å². The van der Waals surface area contributed by atoms with E-state index in [4.69, 9.17) is 0 Å². The molecule has 0 spiro atoms. The minimum atomic E-state index is 0.0475. The molecule has 1 aliphatic heterocycles. The summed E-state index contributed by atoms with van der Waals surface area (Å²) >= 11 is 0. The summed E-state index contributed by atoms with van der Waals surface area (Å²) in [5.74, 6) is 0.371. The zero-order valence-electron chi connectivity index (χ0n) is 12.5. The highest BCUT2D eigenvalue weighted by molar-refractivity contribution is 5.77. The van der Waals surface area contributed by atoms with E-state index in [0.29, 0.717) is 5.91 Å². The first-order chi connectivity index (χ1) is 8.40. The van der Waals surface area contributed by atoms with Gasteiger partial charge in [-0.25, -0.2) is 0 Å². The van der Waals surface area contributed by atoms with Crippen LogP contribution in [0.3, 0.4) is 0 Å². The number of hydrogen-bond donors (Lipinski definition) is 1. The molecule has 1 aliphatic rings. The molecule has 1 N–H and O–H groups in total. The van der Waals surface area contributed by atoms with Crippen LogP contribution in [-0.4, -0.2) is 35.8 Å². The van der Waals surface area contributed by atoms with Gasteiger partial charge >= 0.3 is 0 Å². The molecule has 1 fully saturated rings. The van der Waals surface area contributed by atoms with Gasteiger partial charge in [0.1, 0.15) is 0 Å². The van der Waals surface area contributed by atoms with Crippen LogP contribution in [0.25, 0.3) is 0 Å². The summed E-state index contributed by atoms with van der Waals surface area (Å²) in [6.45, 7) is 8.88. The molecule has 1 saturated heterocycles. The minimum absolute atomic E-state index is 0.0475. The molecule has 18 heavy (non-hydrogen) atoms. The second-order valence-electron chi connectivity index (χ2n) is 4.94. The Morgan fingerprint density at radius 3 is 1.89 bits per heavy atom. The van der Waals surface area contributed by atoms with Crippen LogP contribution in [0.4, 0.5) is 0 Å². The zero-order chi connectivity index (χ0) is 14.2. The number of amides is 2. The van der Waals surface area contributed by atoms with Crippen LogP contribution in [0.2, 0.25) is 0 Å². The van der Waals surface area contributed by atoms with Gasteiger partial charge in [0, 0.05) is 32.5 Å². The summed E-state index contributed by atoms with van der Waals surface area (Å²) in [7, 11) is 1.84. The predicted molar refractivity (Wildman–Crippen MR) is 74.3 cm³/mol. The van der Waals surface area contributed by atoms with Crippen molar-refractivity contribution in [3.8, 4) is 0 Å². The Morgan fingerprint density at radius 2 is 1.78 bits per heavy atom. The lowest BCUT2D eigenvalue weighted by Crippen LogP contribution is -2.46. The molecule has 1 rings (SSSR count). The van der Waals surface area contributed by atoms with E-state index in [-0.39, 0.29) is 11.4 Å². The Hall–Kier alpha value is -1.06. The fourth-order valence-corrected chi connectivity index (χ4v) is 2.17. The summed E-state index contributed by atoms with van der Waals surface area (Å²) in [6, 6.07) is 0. The van der Waals surface area contributed by atoms with E-state index in [0.717, 1.165) is 38.6 Å². The third-order valence-corrected chi connectivity index (χ3v) is 3.78. The molecule has 0 unspecified atom stereocenters. The fourth-order valence-electron chi connectivity index (χ4n) is 2.17. The Morgan fingerprint density at radius 1 is 1.28 bits per heavy atom. The van der Waals surface area contributed by atoms with Crippen molar-refractivity contribution in [3.63, 3.8) is 0 Å². The van der Waals surface area contributed by atoms with E-state index in [2.05, 4.69) is 26.1 Å². The van der Waals surface area contributed by atoms with Gasteiger partial charge in [0.2, 0.25) is 11.8 Å². The normalized spacial score (nSPS) is 15.2. The van der Waals surface area contributed by atoms with Gasteiger partial charge in [0.25, 0.3) is 0 Å². The van der Waals surface area contributed by atoms with Crippen molar-refractivity contribution in [1.29, 1.82) is 0 Å². The van der Waals surface area contributed by atoms with Crippen molar-refractivity contribution >= 4 is 11.8 Å². The topological polar surface area (TPSA) is 49.4 Å². The zero-order valence-corrected chi connectivity index (χ0v) is 12.5. The van der Waals surface area contributed by atoms with Gasteiger partial charge in [-0.3, -0.25) is 9.59 Å². The number of carbonyl (C=O) groups is 2. The molecule has 4 nitrogen and oxygen atoms in total. The molecule has 0 bridgehead atoms. The summed E-state index contributed by atoms with van der Waals surface area (Å²) in [5, 5.41) is 3.00.